The zero-order chi connectivity index (χ0) is 24.5. The second kappa shape index (κ2) is 8.78. The largest absolute Gasteiger partial charge is 0.452 e. The van der Waals surface area contributed by atoms with E-state index in [9.17, 15) is 23.2 Å². The van der Waals surface area contributed by atoms with Crippen LogP contribution in [0.4, 0.5) is 25.0 Å². The number of carbonyl (C=O) groups is 3. The summed E-state index contributed by atoms with van der Waals surface area (Å²) in [6.07, 6.45) is 4.22. The topological polar surface area (TPSA) is 105 Å². The molecule has 1 N–H and O–H groups in total. The summed E-state index contributed by atoms with van der Waals surface area (Å²) >= 11 is 0. The highest BCUT2D eigenvalue weighted by Crippen LogP contribution is 2.30. The van der Waals surface area contributed by atoms with Gasteiger partial charge in [0.25, 0.3) is 5.91 Å². The Balaban J connectivity index is 1.32. The number of hydrogen-bond donors (Lipinski definition) is 1. The predicted molar refractivity (Wildman–Crippen MR) is 122 cm³/mol. The number of aromatic nitrogens is 2. The number of anilines is 2. The van der Waals surface area contributed by atoms with Gasteiger partial charge in [0.2, 0.25) is 5.91 Å². The molecule has 0 spiro atoms. The van der Waals surface area contributed by atoms with E-state index in [2.05, 4.69) is 15.4 Å². The van der Waals surface area contributed by atoms with E-state index in [1.165, 1.54) is 24.3 Å². The lowest BCUT2D eigenvalue weighted by atomic mass is 10.1. The van der Waals surface area contributed by atoms with Crippen molar-refractivity contribution in [2.24, 2.45) is 10.9 Å². The highest BCUT2D eigenvalue weighted by atomic mass is 19.1. The average molecular weight is 475 g/mol. The number of amides is 4. The maximum Gasteiger partial charge on any atom is 0.354 e. The van der Waals surface area contributed by atoms with Gasteiger partial charge in [0, 0.05) is 24.2 Å². The van der Waals surface area contributed by atoms with E-state index in [4.69, 9.17) is 4.74 Å². The molecule has 4 aromatic rings. The molecule has 0 bridgehead atoms. The Morgan fingerprint density at radius 3 is 2.57 bits per heavy atom. The predicted octanol–water partition coefficient (Wildman–Crippen LogP) is 4.20. The fourth-order valence-electron chi connectivity index (χ4n) is 3.51. The fourth-order valence-corrected chi connectivity index (χ4v) is 3.51. The van der Waals surface area contributed by atoms with Crippen LogP contribution in [0.1, 0.15) is 0 Å². The molecule has 1 atom stereocenters. The summed E-state index contributed by atoms with van der Waals surface area (Å²) < 4.78 is 35.2. The van der Waals surface area contributed by atoms with E-state index in [1.54, 1.807) is 35.1 Å². The van der Waals surface area contributed by atoms with Crippen LogP contribution < -0.4 is 15.0 Å². The Kier molecular flexibility index (Phi) is 5.49. The van der Waals surface area contributed by atoms with E-state index in [0.717, 1.165) is 24.4 Å². The maximum atomic E-state index is 14.7. The molecule has 11 heteroatoms. The van der Waals surface area contributed by atoms with Crippen molar-refractivity contribution in [3.05, 3.63) is 84.7 Å². The highest BCUT2D eigenvalue weighted by Gasteiger charge is 2.37. The SMILES string of the molecule is O=C(Nc1ccc(Oc2cccn3nccc23)c(F)c1)C1C=NC(=O)N(c2ccc(F)cc2)C1=O. The zero-order valence-electron chi connectivity index (χ0n) is 17.8. The number of fused-ring (bicyclic) bond motifs is 1. The van der Waals surface area contributed by atoms with Crippen molar-refractivity contribution in [2.45, 2.75) is 0 Å². The summed E-state index contributed by atoms with van der Waals surface area (Å²) in [5, 5.41) is 6.53. The molecule has 1 aliphatic heterocycles. The molecule has 0 saturated heterocycles. The average Bonchev–Trinajstić information content (AvgIpc) is 3.32. The first-order chi connectivity index (χ1) is 16.9. The van der Waals surface area contributed by atoms with Crippen LogP contribution in [-0.2, 0) is 9.59 Å². The number of benzene rings is 2. The lowest BCUT2D eigenvalue weighted by molar-refractivity contribution is -0.127. The third-order valence-corrected chi connectivity index (χ3v) is 5.20. The van der Waals surface area contributed by atoms with Crippen molar-refractivity contribution in [1.82, 2.24) is 9.61 Å². The number of aliphatic imine (C=N–C) groups is 1. The number of nitrogens with one attached hydrogen (secondary N) is 1. The molecule has 2 aromatic carbocycles. The molecule has 1 aliphatic rings. The van der Waals surface area contributed by atoms with Gasteiger partial charge in [-0.15, -0.1) is 0 Å². The first-order valence-corrected chi connectivity index (χ1v) is 10.3. The van der Waals surface area contributed by atoms with Crippen LogP contribution in [0.3, 0.4) is 0 Å². The summed E-state index contributed by atoms with van der Waals surface area (Å²) in [5.41, 5.74) is 0.769. The molecule has 174 valence electrons. The van der Waals surface area contributed by atoms with Gasteiger partial charge in [-0.05, 0) is 54.6 Å². The number of rotatable bonds is 5. The van der Waals surface area contributed by atoms with Crippen LogP contribution >= 0.6 is 0 Å². The summed E-state index contributed by atoms with van der Waals surface area (Å²) in [6.45, 7) is 0. The Hall–Kier alpha value is -4.93. The molecule has 0 aliphatic carbocycles. The zero-order valence-corrected chi connectivity index (χ0v) is 17.8. The van der Waals surface area contributed by atoms with Crippen molar-refractivity contribution in [1.29, 1.82) is 0 Å². The lowest BCUT2D eigenvalue weighted by Gasteiger charge is -2.25. The van der Waals surface area contributed by atoms with Crippen LogP contribution in [0.2, 0.25) is 0 Å². The fraction of sp³-hybridized carbons (Fsp3) is 0.0417. The summed E-state index contributed by atoms with van der Waals surface area (Å²) in [7, 11) is 0. The molecule has 9 nitrogen and oxygen atoms in total. The minimum atomic E-state index is -1.45. The van der Waals surface area contributed by atoms with Crippen LogP contribution in [0, 0.1) is 17.6 Å². The molecule has 35 heavy (non-hydrogen) atoms. The van der Waals surface area contributed by atoms with Gasteiger partial charge < -0.3 is 10.1 Å². The third-order valence-electron chi connectivity index (χ3n) is 5.20. The van der Waals surface area contributed by atoms with Crippen molar-refractivity contribution in [3.8, 4) is 11.5 Å². The first-order valence-electron chi connectivity index (χ1n) is 10.3. The molecule has 0 radical (unpaired) electrons. The summed E-state index contributed by atoms with van der Waals surface area (Å²) in [5.74, 6) is -4.15. The quantitative estimate of drug-likeness (QED) is 0.436. The van der Waals surface area contributed by atoms with Crippen LogP contribution in [0.15, 0.2) is 78.0 Å². The minimum Gasteiger partial charge on any atom is -0.452 e. The normalized spacial score (nSPS) is 15.5. The number of nitrogens with zero attached hydrogens (tertiary/aromatic N) is 4. The van der Waals surface area contributed by atoms with Crippen molar-refractivity contribution in [3.63, 3.8) is 0 Å². The van der Waals surface area contributed by atoms with E-state index >= 15 is 0 Å². The third kappa shape index (κ3) is 4.22. The van der Waals surface area contributed by atoms with E-state index in [0.29, 0.717) is 16.2 Å². The minimum absolute atomic E-state index is 0.0637. The molecule has 0 fully saturated rings. The number of urea groups is 1. The smallest absolute Gasteiger partial charge is 0.354 e. The second-order valence-electron chi connectivity index (χ2n) is 7.46. The summed E-state index contributed by atoms with van der Waals surface area (Å²) in [4.78, 5) is 41.9. The van der Waals surface area contributed by atoms with Gasteiger partial charge in [-0.3, -0.25) is 9.59 Å². The van der Waals surface area contributed by atoms with Gasteiger partial charge in [-0.25, -0.2) is 28.0 Å². The number of ether oxygens (including phenoxy) is 1. The summed E-state index contributed by atoms with van der Waals surface area (Å²) in [6, 6.07) is 12.5. The number of carbonyl (C=O) groups excluding carboxylic acids is 3. The number of imide groups is 1. The van der Waals surface area contributed by atoms with E-state index in [1.807, 2.05) is 0 Å². The van der Waals surface area contributed by atoms with E-state index < -0.39 is 35.4 Å². The van der Waals surface area contributed by atoms with Gasteiger partial charge in [-0.1, -0.05) is 0 Å². The molecular formula is C24H15F2N5O4. The molecule has 2 aromatic heterocycles. The van der Waals surface area contributed by atoms with Crippen molar-refractivity contribution in [2.75, 3.05) is 10.2 Å². The standard InChI is InChI=1S/C24H15F2N5O4/c25-14-3-6-16(7-4-14)31-23(33)17(13-27-24(31)34)22(32)29-15-5-8-20(18(26)12-15)35-21-2-1-11-30-19(21)9-10-28-30/h1-13,17H,(H,29,32). The van der Waals surface area contributed by atoms with Gasteiger partial charge in [-0.2, -0.15) is 5.10 Å². The van der Waals surface area contributed by atoms with E-state index in [-0.39, 0.29) is 17.1 Å². The van der Waals surface area contributed by atoms with Gasteiger partial charge in [0.1, 0.15) is 11.3 Å². The molecule has 1 unspecified atom stereocenters. The molecule has 0 saturated carbocycles. The van der Waals surface area contributed by atoms with Crippen molar-refractivity contribution < 1.29 is 27.9 Å². The molecule has 3 heterocycles. The Labute approximate surface area is 196 Å². The van der Waals surface area contributed by atoms with Crippen LogP contribution in [0.25, 0.3) is 5.52 Å². The van der Waals surface area contributed by atoms with Gasteiger partial charge in [0.15, 0.2) is 23.2 Å². The number of pyridine rings is 1. The van der Waals surface area contributed by atoms with Gasteiger partial charge >= 0.3 is 6.03 Å². The first kappa shape index (κ1) is 21.9. The second-order valence-corrected chi connectivity index (χ2v) is 7.46. The Bertz CT molecular complexity index is 1500. The van der Waals surface area contributed by atoms with Crippen molar-refractivity contribution >= 4 is 41.0 Å². The van der Waals surface area contributed by atoms with Crippen LogP contribution in [0.5, 0.6) is 11.5 Å². The highest BCUT2D eigenvalue weighted by molar-refractivity contribution is 6.31. The maximum absolute atomic E-state index is 14.7. The monoisotopic (exact) mass is 475 g/mol. The number of hydrogen-bond acceptors (Lipinski definition) is 5. The Morgan fingerprint density at radius 2 is 1.80 bits per heavy atom. The lowest BCUT2D eigenvalue weighted by Crippen LogP contribution is -2.47. The molecular weight excluding hydrogens is 460 g/mol. The van der Waals surface area contributed by atoms with Crippen LogP contribution in [-0.4, -0.2) is 33.7 Å². The Morgan fingerprint density at radius 1 is 1.00 bits per heavy atom. The molecule has 4 amide bonds. The molecule has 5 rings (SSSR count). The number of halogens is 2. The van der Waals surface area contributed by atoms with Gasteiger partial charge in [0.05, 0.1) is 11.9 Å².